The molecule has 2 aromatic rings. The number of carbonyl (C=O) groups is 2. The van der Waals surface area contributed by atoms with Gasteiger partial charge >= 0.3 is 6.09 Å². The molecule has 0 bridgehead atoms. The van der Waals surface area contributed by atoms with Gasteiger partial charge in [0.1, 0.15) is 11.6 Å². The molecule has 1 fully saturated rings. The third kappa shape index (κ3) is 4.50. The molecule has 164 valence electrons. The number of imide groups is 1. The summed E-state index contributed by atoms with van der Waals surface area (Å²) in [6.07, 6.45) is 1.33. The average Bonchev–Trinajstić information content (AvgIpc) is 2.71. The molecule has 31 heavy (non-hydrogen) atoms. The number of rotatable bonds is 6. The van der Waals surface area contributed by atoms with Gasteiger partial charge in [-0.15, -0.1) is 6.58 Å². The van der Waals surface area contributed by atoms with Crippen LogP contribution in [0.3, 0.4) is 0 Å². The molecule has 1 aliphatic rings. The minimum Gasteiger partial charge on any atom is -0.443 e. The zero-order valence-electron chi connectivity index (χ0n) is 18.9. The molecule has 2 aromatic carbocycles. The second kappa shape index (κ2) is 8.44. The van der Waals surface area contributed by atoms with Crippen molar-refractivity contribution in [2.75, 3.05) is 0 Å². The van der Waals surface area contributed by atoms with Crippen molar-refractivity contribution < 1.29 is 18.8 Å². The van der Waals surface area contributed by atoms with Gasteiger partial charge in [0.15, 0.2) is 5.60 Å². The Labute approximate surface area is 185 Å². The number of β-lactam (4-membered cyclic amide) rings is 1. The van der Waals surface area contributed by atoms with Crippen LogP contribution < -0.4 is 5.19 Å². The molecule has 0 saturated carbocycles. The number of hydrogen-bond donors (Lipinski definition) is 0. The summed E-state index contributed by atoms with van der Waals surface area (Å²) in [4.78, 5) is 27.7. The fourth-order valence-corrected chi connectivity index (χ4v) is 6.35. The Hall–Kier alpha value is -2.70. The summed E-state index contributed by atoms with van der Waals surface area (Å²) in [6, 6.07) is 18.9. The molecule has 0 spiro atoms. The van der Waals surface area contributed by atoms with E-state index in [1.165, 1.54) is 4.90 Å². The van der Waals surface area contributed by atoms with E-state index in [2.05, 4.69) is 19.7 Å². The van der Waals surface area contributed by atoms with E-state index in [9.17, 15) is 9.59 Å². The maximum absolute atomic E-state index is 13.6. The molecule has 0 unspecified atom stereocenters. The number of hydrogen-bond acceptors (Lipinski definition) is 4. The third-order valence-corrected chi connectivity index (χ3v) is 7.94. The van der Waals surface area contributed by atoms with Crippen molar-refractivity contribution in [2.24, 2.45) is 0 Å². The second-order valence-corrected chi connectivity index (χ2v) is 13.1. The molecule has 3 rings (SSSR count). The molecular formula is C25H31NO4Si. The van der Waals surface area contributed by atoms with Crippen LogP contribution in [0.4, 0.5) is 4.79 Å². The summed E-state index contributed by atoms with van der Waals surface area (Å²) in [5, 5.41) is 1.08. The zero-order valence-corrected chi connectivity index (χ0v) is 19.9. The minimum atomic E-state index is -2.50. The number of benzene rings is 2. The second-order valence-electron chi connectivity index (χ2n) is 9.33. The maximum atomic E-state index is 13.6. The van der Waals surface area contributed by atoms with Crippen LogP contribution in [0.1, 0.15) is 38.8 Å². The van der Waals surface area contributed by atoms with Gasteiger partial charge in [-0.2, -0.15) is 0 Å². The van der Waals surface area contributed by atoms with Crippen LogP contribution >= 0.6 is 0 Å². The van der Waals surface area contributed by atoms with Crippen LogP contribution in [0.5, 0.6) is 0 Å². The highest BCUT2D eigenvalue weighted by molar-refractivity contribution is 6.84. The summed E-state index contributed by atoms with van der Waals surface area (Å²) < 4.78 is 12.3. The summed E-state index contributed by atoms with van der Waals surface area (Å²) in [5.74, 6) is -0.382. The van der Waals surface area contributed by atoms with Crippen molar-refractivity contribution in [3.63, 3.8) is 0 Å². The van der Waals surface area contributed by atoms with Crippen molar-refractivity contribution >= 4 is 25.5 Å². The first-order valence-corrected chi connectivity index (χ1v) is 13.4. The fraction of sp³-hybridized carbons (Fsp3) is 0.360. The van der Waals surface area contributed by atoms with Crippen molar-refractivity contribution in [3.8, 4) is 0 Å². The molecule has 0 radical (unpaired) electrons. The first-order chi connectivity index (χ1) is 14.5. The smallest absolute Gasteiger partial charge is 0.417 e. The summed E-state index contributed by atoms with van der Waals surface area (Å²) in [6.45, 7) is 13.4. The Morgan fingerprint density at radius 2 is 1.65 bits per heavy atom. The van der Waals surface area contributed by atoms with Crippen molar-refractivity contribution in [2.45, 2.75) is 57.5 Å². The van der Waals surface area contributed by atoms with Gasteiger partial charge in [-0.25, -0.2) is 9.69 Å². The maximum Gasteiger partial charge on any atom is 0.417 e. The van der Waals surface area contributed by atoms with E-state index in [4.69, 9.17) is 9.16 Å². The Bertz CT molecular complexity index is 952. The standard InChI is InChI=1S/C25H31NO4Si/c1-7-18-25(30-31(5,6)20-16-12-9-13-17-20)21(19-14-10-8-11-15-19)26(22(25)27)23(28)29-24(2,3)4/h7-17,21H,1,18H2,2-6H3/t21-,25+/m0/s1. The van der Waals surface area contributed by atoms with E-state index in [0.717, 1.165) is 10.8 Å². The largest absolute Gasteiger partial charge is 0.443 e. The first kappa shape index (κ1) is 23.0. The molecule has 1 heterocycles. The molecule has 1 saturated heterocycles. The first-order valence-electron chi connectivity index (χ1n) is 10.5. The van der Waals surface area contributed by atoms with Gasteiger partial charge in [-0.3, -0.25) is 4.79 Å². The van der Waals surface area contributed by atoms with Gasteiger partial charge in [-0.05, 0) is 44.6 Å². The van der Waals surface area contributed by atoms with Crippen molar-refractivity contribution in [3.05, 3.63) is 78.9 Å². The van der Waals surface area contributed by atoms with E-state index < -0.39 is 31.7 Å². The number of amides is 2. The molecule has 2 amide bonds. The van der Waals surface area contributed by atoms with E-state index in [1.54, 1.807) is 26.8 Å². The Kier molecular flexibility index (Phi) is 6.25. The monoisotopic (exact) mass is 437 g/mol. The highest BCUT2D eigenvalue weighted by Gasteiger charge is 2.66. The van der Waals surface area contributed by atoms with Gasteiger partial charge in [0.2, 0.25) is 8.32 Å². The van der Waals surface area contributed by atoms with Crippen LogP contribution in [-0.2, 0) is 14.0 Å². The van der Waals surface area contributed by atoms with Gasteiger partial charge in [0.25, 0.3) is 5.91 Å². The van der Waals surface area contributed by atoms with Gasteiger partial charge in [0, 0.05) is 6.42 Å². The molecule has 6 heteroatoms. The number of carbonyl (C=O) groups excluding carboxylic acids is 2. The molecule has 0 aromatic heterocycles. The van der Waals surface area contributed by atoms with Crippen LogP contribution in [0, 0.1) is 0 Å². The van der Waals surface area contributed by atoms with Crippen molar-refractivity contribution in [1.29, 1.82) is 0 Å². The summed E-state index contributed by atoms with van der Waals surface area (Å²) >= 11 is 0. The molecule has 0 aliphatic carbocycles. The van der Waals surface area contributed by atoms with Gasteiger partial charge in [-0.1, -0.05) is 66.7 Å². The lowest BCUT2D eigenvalue weighted by Crippen LogP contribution is -2.74. The summed E-state index contributed by atoms with van der Waals surface area (Å²) in [7, 11) is -2.50. The van der Waals surface area contributed by atoms with E-state index in [-0.39, 0.29) is 5.91 Å². The minimum absolute atomic E-state index is 0.300. The predicted octanol–water partition coefficient (Wildman–Crippen LogP) is 4.95. The molecule has 1 aliphatic heterocycles. The number of nitrogens with zero attached hydrogens (tertiary/aromatic N) is 1. The highest BCUT2D eigenvalue weighted by Crippen LogP contribution is 2.50. The predicted molar refractivity (Wildman–Crippen MR) is 124 cm³/mol. The Morgan fingerprint density at radius 1 is 1.10 bits per heavy atom. The zero-order chi connectivity index (χ0) is 22.9. The Morgan fingerprint density at radius 3 is 2.16 bits per heavy atom. The van der Waals surface area contributed by atoms with Crippen molar-refractivity contribution in [1.82, 2.24) is 4.90 Å². The fourth-order valence-electron chi connectivity index (χ4n) is 4.04. The van der Waals surface area contributed by atoms with Crippen LogP contribution in [0.2, 0.25) is 13.1 Å². The van der Waals surface area contributed by atoms with Crippen LogP contribution in [0.25, 0.3) is 0 Å². The number of ether oxygens (including phenoxy) is 1. The lowest BCUT2D eigenvalue weighted by atomic mass is 9.76. The molecule has 2 atom stereocenters. The van der Waals surface area contributed by atoms with Crippen LogP contribution in [0.15, 0.2) is 73.3 Å². The average molecular weight is 438 g/mol. The number of likely N-dealkylation sites (tertiary alicyclic amines) is 1. The summed E-state index contributed by atoms with van der Waals surface area (Å²) in [5.41, 5.74) is -1.09. The van der Waals surface area contributed by atoms with E-state index in [0.29, 0.717) is 6.42 Å². The highest BCUT2D eigenvalue weighted by atomic mass is 28.4. The van der Waals surface area contributed by atoms with E-state index in [1.807, 2.05) is 60.7 Å². The van der Waals surface area contributed by atoms with Crippen LogP contribution in [-0.4, -0.2) is 36.4 Å². The topological polar surface area (TPSA) is 55.8 Å². The third-order valence-electron chi connectivity index (χ3n) is 5.34. The lowest BCUT2D eigenvalue weighted by Gasteiger charge is -2.56. The van der Waals surface area contributed by atoms with Gasteiger partial charge in [0.05, 0.1) is 0 Å². The van der Waals surface area contributed by atoms with Gasteiger partial charge < -0.3 is 9.16 Å². The molecule has 5 nitrogen and oxygen atoms in total. The Balaban J connectivity index is 2.06. The lowest BCUT2D eigenvalue weighted by molar-refractivity contribution is -0.183. The quantitative estimate of drug-likeness (QED) is 0.365. The molecular weight excluding hydrogens is 406 g/mol. The SMILES string of the molecule is C=CC[C@]1(O[Si](C)(C)c2ccccc2)C(=O)N(C(=O)OC(C)(C)C)[C@H]1c1ccccc1. The normalized spacial score (nSPS) is 21.4. The van der Waals surface area contributed by atoms with E-state index >= 15 is 0 Å². The molecule has 0 N–H and O–H groups in total.